The van der Waals surface area contributed by atoms with Crippen molar-refractivity contribution in [3.63, 3.8) is 0 Å². The second-order valence-corrected chi connectivity index (χ2v) is 5.93. The summed E-state index contributed by atoms with van der Waals surface area (Å²) in [5, 5.41) is 10.5. The van der Waals surface area contributed by atoms with Gasteiger partial charge in [-0.2, -0.15) is 0 Å². The van der Waals surface area contributed by atoms with E-state index in [0.29, 0.717) is 6.54 Å². The third-order valence-corrected chi connectivity index (χ3v) is 4.88. The van der Waals surface area contributed by atoms with Crippen LogP contribution in [0.1, 0.15) is 51.4 Å². The van der Waals surface area contributed by atoms with Gasteiger partial charge in [-0.05, 0) is 25.2 Å². The van der Waals surface area contributed by atoms with Crippen molar-refractivity contribution < 1.29 is 9.84 Å². The molecule has 2 fully saturated rings. The minimum Gasteiger partial charge on any atom is -0.392 e. The minimum absolute atomic E-state index is 0.0598. The quantitative estimate of drug-likeness (QED) is 0.792. The van der Waals surface area contributed by atoms with Crippen molar-refractivity contribution in [1.29, 1.82) is 0 Å². The first kappa shape index (κ1) is 13.3. The molecule has 2 aliphatic rings. The number of ether oxygens (including phenoxy) is 1. The van der Waals surface area contributed by atoms with Crippen molar-refractivity contribution in [3.05, 3.63) is 0 Å². The highest BCUT2D eigenvalue weighted by Gasteiger charge is 2.39. The molecule has 0 aromatic carbocycles. The van der Waals surface area contributed by atoms with Gasteiger partial charge in [-0.25, -0.2) is 0 Å². The molecule has 1 atom stereocenters. The van der Waals surface area contributed by atoms with Gasteiger partial charge in [-0.15, -0.1) is 0 Å². The Morgan fingerprint density at radius 1 is 1.18 bits per heavy atom. The van der Waals surface area contributed by atoms with Gasteiger partial charge in [0.05, 0.1) is 6.10 Å². The van der Waals surface area contributed by atoms with Crippen LogP contribution in [-0.4, -0.2) is 31.0 Å². The standard InChI is InChI=1S/C14H27NO2/c15-11-14(6-8-17-9-7-14)13(16)10-12-4-2-1-3-5-12/h12-13,16H,1-11,15H2. The van der Waals surface area contributed by atoms with E-state index in [9.17, 15) is 5.11 Å². The van der Waals surface area contributed by atoms with Crippen LogP contribution in [0.15, 0.2) is 0 Å². The zero-order chi connectivity index (χ0) is 12.1. The molecule has 0 bridgehead atoms. The third kappa shape index (κ3) is 3.21. The molecule has 100 valence electrons. The summed E-state index contributed by atoms with van der Waals surface area (Å²) in [6, 6.07) is 0. The maximum atomic E-state index is 10.5. The lowest BCUT2D eigenvalue weighted by Crippen LogP contribution is -2.46. The Morgan fingerprint density at radius 3 is 2.41 bits per heavy atom. The second-order valence-electron chi connectivity index (χ2n) is 5.93. The topological polar surface area (TPSA) is 55.5 Å². The highest BCUT2D eigenvalue weighted by molar-refractivity contribution is 4.90. The van der Waals surface area contributed by atoms with Gasteiger partial charge in [0, 0.05) is 25.2 Å². The van der Waals surface area contributed by atoms with Crippen molar-refractivity contribution in [2.24, 2.45) is 17.1 Å². The van der Waals surface area contributed by atoms with Crippen LogP contribution in [0.5, 0.6) is 0 Å². The smallest absolute Gasteiger partial charge is 0.0612 e. The van der Waals surface area contributed by atoms with E-state index in [1.807, 2.05) is 0 Å². The summed E-state index contributed by atoms with van der Waals surface area (Å²) in [5.74, 6) is 0.727. The summed E-state index contributed by atoms with van der Waals surface area (Å²) in [4.78, 5) is 0. The van der Waals surface area contributed by atoms with Crippen LogP contribution in [-0.2, 0) is 4.74 Å². The molecule has 0 aromatic heterocycles. The zero-order valence-electron chi connectivity index (χ0n) is 10.9. The largest absolute Gasteiger partial charge is 0.392 e. The normalized spacial score (nSPS) is 27.9. The molecule has 3 nitrogen and oxygen atoms in total. The maximum Gasteiger partial charge on any atom is 0.0612 e. The monoisotopic (exact) mass is 241 g/mol. The molecule has 1 saturated heterocycles. The first-order valence-electron chi connectivity index (χ1n) is 7.23. The Balaban J connectivity index is 1.89. The highest BCUT2D eigenvalue weighted by atomic mass is 16.5. The Bertz CT molecular complexity index is 220. The van der Waals surface area contributed by atoms with E-state index >= 15 is 0 Å². The number of aliphatic hydroxyl groups is 1. The van der Waals surface area contributed by atoms with Gasteiger partial charge in [0.2, 0.25) is 0 Å². The van der Waals surface area contributed by atoms with E-state index in [2.05, 4.69) is 0 Å². The zero-order valence-corrected chi connectivity index (χ0v) is 10.9. The fourth-order valence-corrected chi connectivity index (χ4v) is 3.44. The average Bonchev–Trinajstić information content (AvgIpc) is 2.40. The van der Waals surface area contributed by atoms with Gasteiger partial charge in [0.25, 0.3) is 0 Å². The van der Waals surface area contributed by atoms with Gasteiger partial charge in [-0.1, -0.05) is 32.1 Å². The van der Waals surface area contributed by atoms with E-state index in [1.165, 1.54) is 32.1 Å². The molecular formula is C14H27NO2. The van der Waals surface area contributed by atoms with E-state index in [-0.39, 0.29) is 11.5 Å². The van der Waals surface area contributed by atoms with E-state index in [0.717, 1.165) is 38.4 Å². The van der Waals surface area contributed by atoms with Crippen LogP contribution in [0, 0.1) is 11.3 Å². The van der Waals surface area contributed by atoms with Crippen molar-refractivity contribution >= 4 is 0 Å². The molecule has 3 N–H and O–H groups in total. The van der Waals surface area contributed by atoms with Crippen LogP contribution < -0.4 is 5.73 Å². The summed E-state index contributed by atoms with van der Waals surface area (Å²) < 4.78 is 5.40. The maximum absolute atomic E-state index is 10.5. The predicted molar refractivity (Wildman–Crippen MR) is 68.7 cm³/mol. The first-order chi connectivity index (χ1) is 8.27. The second kappa shape index (κ2) is 6.17. The molecule has 0 radical (unpaired) electrons. The number of hydrogen-bond acceptors (Lipinski definition) is 3. The Labute approximate surface area is 105 Å². The van der Waals surface area contributed by atoms with Crippen molar-refractivity contribution in [2.45, 2.75) is 57.5 Å². The van der Waals surface area contributed by atoms with Crippen LogP contribution in [0.2, 0.25) is 0 Å². The van der Waals surface area contributed by atoms with Crippen LogP contribution in [0.3, 0.4) is 0 Å². The van der Waals surface area contributed by atoms with Gasteiger partial charge in [-0.3, -0.25) is 0 Å². The predicted octanol–water partition coefficient (Wildman–Crippen LogP) is 2.07. The first-order valence-corrected chi connectivity index (χ1v) is 7.23. The molecule has 3 heteroatoms. The fourth-order valence-electron chi connectivity index (χ4n) is 3.44. The van der Waals surface area contributed by atoms with Gasteiger partial charge in [0.15, 0.2) is 0 Å². The Morgan fingerprint density at radius 2 is 1.82 bits per heavy atom. The molecule has 1 aliphatic carbocycles. The number of aliphatic hydroxyl groups excluding tert-OH is 1. The average molecular weight is 241 g/mol. The summed E-state index contributed by atoms with van der Waals surface area (Å²) in [6.07, 6.45) is 9.25. The lowest BCUT2D eigenvalue weighted by atomic mass is 9.71. The van der Waals surface area contributed by atoms with Crippen LogP contribution in [0.25, 0.3) is 0 Å². The molecule has 1 saturated carbocycles. The van der Waals surface area contributed by atoms with Crippen molar-refractivity contribution in [1.82, 2.24) is 0 Å². The van der Waals surface area contributed by atoms with Crippen LogP contribution >= 0.6 is 0 Å². The lowest BCUT2D eigenvalue weighted by molar-refractivity contribution is -0.0661. The van der Waals surface area contributed by atoms with E-state index in [4.69, 9.17) is 10.5 Å². The molecule has 0 amide bonds. The molecule has 2 rings (SSSR count). The third-order valence-electron chi connectivity index (χ3n) is 4.88. The summed E-state index contributed by atoms with van der Waals surface area (Å²) in [7, 11) is 0. The molecular weight excluding hydrogens is 214 g/mol. The molecule has 17 heavy (non-hydrogen) atoms. The summed E-state index contributed by atoms with van der Waals surface area (Å²) >= 11 is 0. The molecule has 1 unspecified atom stereocenters. The van der Waals surface area contributed by atoms with Gasteiger partial charge < -0.3 is 15.6 Å². The van der Waals surface area contributed by atoms with Crippen molar-refractivity contribution in [3.8, 4) is 0 Å². The van der Waals surface area contributed by atoms with Crippen LogP contribution in [0.4, 0.5) is 0 Å². The van der Waals surface area contributed by atoms with Crippen molar-refractivity contribution in [2.75, 3.05) is 19.8 Å². The Kier molecular flexibility index (Phi) is 4.83. The SMILES string of the molecule is NCC1(C(O)CC2CCCCC2)CCOCC1. The fraction of sp³-hybridized carbons (Fsp3) is 1.00. The molecule has 0 aromatic rings. The van der Waals surface area contributed by atoms with Gasteiger partial charge >= 0.3 is 0 Å². The van der Waals surface area contributed by atoms with Gasteiger partial charge in [0.1, 0.15) is 0 Å². The van der Waals surface area contributed by atoms with E-state index in [1.54, 1.807) is 0 Å². The number of hydrogen-bond donors (Lipinski definition) is 2. The molecule has 0 spiro atoms. The molecule has 1 aliphatic heterocycles. The van der Waals surface area contributed by atoms with E-state index < -0.39 is 0 Å². The lowest BCUT2D eigenvalue weighted by Gasteiger charge is -2.41. The molecule has 1 heterocycles. The number of rotatable bonds is 4. The highest BCUT2D eigenvalue weighted by Crippen LogP contribution is 2.38. The minimum atomic E-state index is -0.223. The summed E-state index contributed by atoms with van der Waals surface area (Å²) in [6.45, 7) is 2.13. The number of nitrogens with two attached hydrogens (primary N) is 1. The summed E-state index contributed by atoms with van der Waals surface area (Å²) in [5.41, 5.74) is 5.87. The Hall–Kier alpha value is -0.120.